The van der Waals surface area contributed by atoms with Gasteiger partial charge in [0.2, 0.25) is 0 Å². The number of fused-ring (bicyclic) bond motifs is 1. The molecule has 1 aliphatic heterocycles. The molecule has 1 atom stereocenters. The second-order valence-electron chi connectivity index (χ2n) is 5.04. The molecule has 20 heavy (non-hydrogen) atoms. The first-order valence-electron chi connectivity index (χ1n) is 7.03. The molecule has 5 nitrogen and oxygen atoms in total. The van der Waals surface area contributed by atoms with Crippen LogP contribution in [0.2, 0.25) is 0 Å². The Kier molecular flexibility index (Phi) is 3.60. The Morgan fingerprint density at radius 1 is 1.45 bits per heavy atom. The fourth-order valence-electron chi connectivity index (χ4n) is 2.55. The first-order valence-corrected chi connectivity index (χ1v) is 7.03. The van der Waals surface area contributed by atoms with Crippen LogP contribution in [0, 0.1) is 0 Å². The third-order valence-corrected chi connectivity index (χ3v) is 3.55. The van der Waals surface area contributed by atoms with Crippen LogP contribution in [0.1, 0.15) is 23.8 Å². The maximum Gasteiger partial charge on any atom is 0.354 e. The highest BCUT2D eigenvalue weighted by molar-refractivity contribution is 5.95. The summed E-state index contributed by atoms with van der Waals surface area (Å²) in [5, 5.41) is 7.85. The second-order valence-corrected chi connectivity index (χ2v) is 5.04. The van der Waals surface area contributed by atoms with Crippen LogP contribution in [0.25, 0.3) is 10.9 Å². The lowest BCUT2D eigenvalue weighted by atomic mass is 10.2. The fourth-order valence-corrected chi connectivity index (χ4v) is 2.55. The van der Waals surface area contributed by atoms with Crippen molar-refractivity contribution in [3.63, 3.8) is 0 Å². The van der Waals surface area contributed by atoms with Crippen molar-refractivity contribution in [2.24, 2.45) is 0 Å². The largest absolute Gasteiger partial charge is 0.461 e. The Balaban J connectivity index is 1.81. The molecular formula is C15H19N3O2. The third kappa shape index (κ3) is 2.63. The molecule has 2 heterocycles. The zero-order valence-corrected chi connectivity index (χ0v) is 11.5. The van der Waals surface area contributed by atoms with Gasteiger partial charge >= 0.3 is 5.97 Å². The lowest BCUT2D eigenvalue weighted by molar-refractivity contribution is 0.0520. The molecule has 0 aliphatic carbocycles. The Morgan fingerprint density at radius 3 is 3.10 bits per heavy atom. The number of ether oxygens (including phenoxy) is 1. The van der Waals surface area contributed by atoms with Gasteiger partial charge in [-0.05, 0) is 44.2 Å². The summed E-state index contributed by atoms with van der Waals surface area (Å²) in [5.74, 6) is -0.307. The van der Waals surface area contributed by atoms with Crippen LogP contribution in [0.4, 0.5) is 5.69 Å². The van der Waals surface area contributed by atoms with Crippen LogP contribution in [-0.4, -0.2) is 36.7 Å². The number of hydrogen-bond donors (Lipinski definition) is 3. The summed E-state index contributed by atoms with van der Waals surface area (Å²) in [6.07, 6.45) is 1.14. The van der Waals surface area contributed by atoms with Crippen molar-refractivity contribution >= 4 is 22.6 Å². The van der Waals surface area contributed by atoms with E-state index < -0.39 is 0 Å². The average molecular weight is 273 g/mol. The zero-order valence-electron chi connectivity index (χ0n) is 11.5. The molecule has 5 heteroatoms. The predicted octanol–water partition coefficient (Wildman–Crippen LogP) is 2.12. The van der Waals surface area contributed by atoms with Gasteiger partial charge in [-0.25, -0.2) is 4.79 Å². The Hall–Kier alpha value is -2.01. The maximum atomic E-state index is 11.7. The number of carbonyl (C=O) groups is 1. The van der Waals surface area contributed by atoms with E-state index in [0.29, 0.717) is 18.3 Å². The fraction of sp³-hybridized carbons (Fsp3) is 0.400. The summed E-state index contributed by atoms with van der Waals surface area (Å²) in [4.78, 5) is 14.8. The lowest BCUT2D eigenvalue weighted by Gasteiger charge is -2.12. The van der Waals surface area contributed by atoms with Crippen molar-refractivity contribution in [2.45, 2.75) is 19.4 Å². The van der Waals surface area contributed by atoms with Gasteiger partial charge in [-0.2, -0.15) is 0 Å². The molecule has 1 saturated heterocycles. The predicted molar refractivity (Wildman–Crippen MR) is 79.2 cm³/mol. The van der Waals surface area contributed by atoms with Crippen LogP contribution >= 0.6 is 0 Å². The quantitative estimate of drug-likeness (QED) is 0.747. The van der Waals surface area contributed by atoms with E-state index in [0.717, 1.165) is 36.1 Å². The number of rotatable bonds is 4. The van der Waals surface area contributed by atoms with Crippen molar-refractivity contribution in [1.82, 2.24) is 10.3 Å². The third-order valence-electron chi connectivity index (χ3n) is 3.55. The monoisotopic (exact) mass is 273 g/mol. The number of nitrogens with one attached hydrogen (secondary N) is 3. The molecule has 0 spiro atoms. The Labute approximate surface area is 117 Å². The van der Waals surface area contributed by atoms with Gasteiger partial charge in [0.15, 0.2) is 0 Å². The molecule has 3 N–H and O–H groups in total. The highest BCUT2D eigenvalue weighted by Crippen LogP contribution is 2.21. The minimum Gasteiger partial charge on any atom is -0.461 e. The van der Waals surface area contributed by atoms with Gasteiger partial charge in [-0.1, -0.05) is 0 Å². The summed E-state index contributed by atoms with van der Waals surface area (Å²) in [7, 11) is 0. The van der Waals surface area contributed by atoms with E-state index in [1.165, 1.54) is 0 Å². The SMILES string of the molecule is CCOC(=O)c1cc2cc(NC3CCNC3)ccc2[nH]1. The molecular weight excluding hydrogens is 254 g/mol. The molecule has 3 rings (SSSR count). The van der Waals surface area contributed by atoms with Gasteiger partial charge in [0, 0.05) is 29.2 Å². The van der Waals surface area contributed by atoms with Gasteiger partial charge in [0.25, 0.3) is 0 Å². The summed E-state index contributed by atoms with van der Waals surface area (Å²) < 4.78 is 5.00. The maximum absolute atomic E-state index is 11.7. The van der Waals surface area contributed by atoms with E-state index in [1.807, 2.05) is 18.2 Å². The van der Waals surface area contributed by atoms with Gasteiger partial charge in [-0.15, -0.1) is 0 Å². The van der Waals surface area contributed by atoms with Crippen molar-refractivity contribution < 1.29 is 9.53 Å². The number of H-pyrrole nitrogens is 1. The van der Waals surface area contributed by atoms with E-state index in [2.05, 4.69) is 21.7 Å². The van der Waals surface area contributed by atoms with Crippen molar-refractivity contribution in [1.29, 1.82) is 0 Å². The number of anilines is 1. The van der Waals surface area contributed by atoms with Crippen LogP contribution in [-0.2, 0) is 4.74 Å². The molecule has 1 unspecified atom stereocenters. The van der Waals surface area contributed by atoms with Crippen LogP contribution in [0.15, 0.2) is 24.3 Å². The minimum atomic E-state index is -0.307. The second kappa shape index (κ2) is 5.54. The Bertz CT molecular complexity index is 615. The highest BCUT2D eigenvalue weighted by atomic mass is 16.5. The van der Waals surface area contributed by atoms with Crippen LogP contribution < -0.4 is 10.6 Å². The number of hydrogen-bond acceptors (Lipinski definition) is 4. The van der Waals surface area contributed by atoms with E-state index in [-0.39, 0.29) is 5.97 Å². The van der Waals surface area contributed by atoms with Crippen LogP contribution in [0.5, 0.6) is 0 Å². The first-order chi connectivity index (χ1) is 9.76. The molecule has 0 radical (unpaired) electrons. The van der Waals surface area contributed by atoms with E-state index >= 15 is 0 Å². The van der Waals surface area contributed by atoms with Crippen LogP contribution in [0.3, 0.4) is 0 Å². The summed E-state index contributed by atoms with van der Waals surface area (Å²) >= 11 is 0. The smallest absolute Gasteiger partial charge is 0.354 e. The molecule has 0 saturated carbocycles. The van der Waals surface area contributed by atoms with Crippen molar-refractivity contribution in [2.75, 3.05) is 25.0 Å². The average Bonchev–Trinajstić information content (AvgIpc) is 3.07. The number of aromatic nitrogens is 1. The molecule has 0 bridgehead atoms. The molecule has 106 valence electrons. The number of carbonyl (C=O) groups excluding carboxylic acids is 1. The minimum absolute atomic E-state index is 0.307. The molecule has 1 aliphatic rings. The first kappa shape index (κ1) is 13.0. The van der Waals surface area contributed by atoms with Gasteiger partial charge < -0.3 is 20.4 Å². The standard InChI is InChI=1S/C15H19N3O2/c1-2-20-15(19)14-8-10-7-11(3-4-13(10)18-14)17-12-5-6-16-9-12/h3-4,7-8,12,16-18H,2,5-6,9H2,1H3. The summed E-state index contributed by atoms with van der Waals surface area (Å²) in [5.41, 5.74) is 2.53. The molecule has 1 aromatic carbocycles. The molecule has 1 aromatic heterocycles. The van der Waals surface area contributed by atoms with Crippen molar-refractivity contribution in [3.8, 4) is 0 Å². The Morgan fingerprint density at radius 2 is 2.35 bits per heavy atom. The van der Waals surface area contributed by atoms with Crippen molar-refractivity contribution in [3.05, 3.63) is 30.0 Å². The number of esters is 1. The summed E-state index contributed by atoms with van der Waals surface area (Å²) in [6.45, 7) is 4.25. The van der Waals surface area contributed by atoms with E-state index in [4.69, 9.17) is 4.74 Å². The number of aromatic amines is 1. The number of benzene rings is 1. The lowest BCUT2D eigenvalue weighted by Crippen LogP contribution is -2.21. The normalized spacial score (nSPS) is 18.4. The highest BCUT2D eigenvalue weighted by Gasteiger charge is 2.15. The molecule has 1 fully saturated rings. The topological polar surface area (TPSA) is 66.2 Å². The zero-order chi connectivity index (χ0) is 13.9. The molecule has 0 amide bonds. The van der Waals surface area contributed by atoms with Gasteiger partial charge in [0.05, 0.1) is 6.61 Å². The van der Waals surface area contributed by atoms with Gasteiger partial charge in [-0.3, -0.25) is 0 Å². The van der Waals surface area contributed by atoms with E-state index in [1.54, 1.807) is 6.92 Å². The summed E-state index contributed by atoms with van der Waals surface area (Å²) in [6, 6.07) is 8.41. The molecule has 2 aromatic rings. The van der Waals surface area contributed by atoms with E-state index in [9.17, 15) is 4.79 Å². The van der Waals surface area contributed by atoms with Gasteiger partial charge in [0.1, 0.15) is 5.69 Å².